The Labute approximate surface area is 87.0 Å². The zero-order valence-electron chi connectivity index (χ0n) is 7.60. The lowest BCUT2D eigenvalue weighted by Crippen LogP contribution is -2.30. The molecule has 12 heavy (non-hydrogen) atoms. The maximum Gasteiger partial charge on any atom is 0.230 e. The number of rotatable bonds is 6. The van der Waals surface area contributed by atoms with Gasteiger partial charge < -0.3 is 5.32 Å². The summed E-state index contributed by atoms with van der Waals surface area (Å²) in [6.07, 6.45) is 4.19. The van der Waals surface area contributed by atoms with E-state index >= 15 is 0 Å². The molecule has 0 rings (SSSR count). The summed E-state index contributed by atoms with van der Waals surface area (Å²) >= 11 is 5.04. The summed E-state index contributed by atoms with van der Waals surface area (Å²) in [5, 5.41) is 2.86. The van der Waals surface area contributed by atoms with Gasteiger partial charge in [-0.25, -0.2) is 0 Å². The van der Waals surface area contributed by atoms with Gasteiger partial charge in [-0.3, -0.25) is 4.79 Å². The van der Waals surface area contributed by atoms with Crippen LogP contribution in [-0.2, 0) is 4.79 Å². The van der Waals surface area contributed by atoms with Gasteiger partial charge in [-0.1, -0.05) is 29.3 Å². The molecule has 0 aliphatic carbocycles. The van der Waals surface area contributed by atoms with Gasteiger partial charge in [0.2, 0.25) is 5.91 Å². The normalized spacial score (nSPS) is 12.6. The van der Waals surface area contributed by atoms with Crippen molar-refractivity contribution < 1.29 is 4.79 Å². The number of amides is 1. The van der Waals surface area contributed by atoms with Crippen LogP contribution in [0.25, 0.3) is 0 Å². The number of hydrogen-bond donors (Lipinski definition) is 1. The highest BCUT2D eigenvalue weighted by molar-refractivity contribution is 9.09. The largest absolute Gasteiger partial charge is 0.354 e. The van der Waals surface area contributed by atoms with Gasteiger partial charge in [0.25, 0.3) is 0 Å². The molecule has 0 saturated carbocycles. The lowest BCUT2D eigenvalue weighted by atomic mass is 10.2. The van der Waals surface area contributed by atoms with Crippen molar-refractivity contribution in [2.24, 2.45) is 0 Å². The van der Waals surface area contributed by atoms with Gasteiger partial charge in [-0.2, -0.15) is 11.8 Å². The summed E-state index contributed by atoms with van der Waals surface area (Å²) in [6, 6.07) is 0. The molecule has 1 atom stereocenters. The second-order valence-corrected chi connectivity index (χ2v) is 4.78. The Morgan fingerprint density at radius 3 is 2.83 bits per heavy atom. The average Bonchev–Trinajstić information content (AvgIpc) is 2.02. The van der Waals surface area contributed by atoms with E-state index < -0.39 is 0 Å². The molecule has 0 saturated heterocycles. The highest BCUT2D eigenvalue weighted by atomic mass is 79.9. The smallest absolute Gasteiger partial charge is 0.230 e. The van der Waals surface area contributed by atoms with E-state index in [9.17, 15) is 4.79 Å². The number of thioether (sulfide) groups is 1. The SMILES string of the molecule is CCCC(Br)CNC(=O)CSC. The first-order valence-electron chi connectivity index (χ1n) is 4.10. The molecule has 0 aliphatic rings. The maximum absolute atomic E-state index is 11.0. The van der Waals surface area contributed by atoms with Gasteiger partial charge in [0.15, 0.2) is 0 Å². The number of alkyl halides is 1. The van der Waals surface area contributed by atoms with Crippen LogP contribution in [0.15, 0.2) is 0 Å². The van der Waals surface area contributed by atoms with Crippen molar-refractivity contribution in [3.8, 4) is 0 Å². The molecule has 0 fully saturated rings. The Balaban J connectivity index is 3.33. The van der Waals surface area contributed by atoms with Crippen LogP contribution in [0.5, 0.6) is 0 Å². The van der Waals surface area contributed by atoms with E-state index in [1.807, 2.05) is 6.26 Å². The fourth-order valence-electron chi connectivity index (χ4n) is 0.822. The molecule has 4 heteroatoms. The van der Waals surface area contributed by atoms with Crippen LogP contribution in [0.3, 0.4) is 0 Å². The molecule has 1 unspecified atom stereocenters. The van der Waals surface area contributed by atoms with Gasteiger partial charge in [-0.05, 0) is 12.7 Å². The molecule has 0 bridgehead atoms. The summed E-state index contributed by atoms with van der Waals surface area (Å²) in [5.41, 5.74) is 0. The van der Waals surface area contributed by atoms with E-state index in [1.54, 1.807) is 11.8 Å². The van der Waals surface area contributed by atoms with E-state index in [4.69, 9.17) is 0 Å². The molecule has 0 spiro atoms. The molecule has 0 heterocycles. The number of hydrogen-bond acceptors (Lipinski definition) is 2. The Morgan fingerprint density at radius 2 is 2.33 bits per heavy atom. The van der Waals surface area contributed by atoms with Crippen LogP contribution >= 0.6 is 27.7 Å². The minimum absolute atomic E-state index is 0.128. The summed E-state index contributed by atoms with van der Waals surface area (Å²) in [7, 11) is 0. The molecule has 0 radical (unpaired) electrons. The maximum atomic E-state index is 11.0. The monoisotopic (exact) mass is 253 g/mol. The van der Waals surface area contributed by atoms with Crippen molar-refractivity contribution in [2.45, 2.75) is 24.6 Å². The Bertz CT molecular complexity index is 132. The number of carbonyl (C=O) groups excluding carboxylic acids is 1. The third kappa shape index (κ3) is 6.98. The minimum Gasteiger partial charge on any atom is -0.354 e. The minimum atomic E-state index is 0.128. The molecule has 1 N–H and O–H groups in total. The summed E-state index contributed by atoms with van der Waals surface area (Å²) in [5.74, 6) is 0.689. The quantitative estimate of drug-likeness (QED) is 0.735. The first kappa shape index (κ1) is 12.3. The molecule has 0 aliphatic heterocycles. The fourth-order valence-corrected chi connectivity index (χ4v) is 1.81. The van der Waals surface area contributed by atoms with E-state index in [0.29, 0.717) is 10.6 Å². The van der Waals surface area contributed by atoms with Gasteiger partial charge in [-0.15, -0.1) is 0 Å². The van der Waals surface area contributed by atoms with Crippen LogP contribution < -0.4 is 5.32 Å². The summed E-state index contributed by atoms with van der Waals surface area (Å²) in [6.45, 7) is 2.88. The predicted molar refractivity (Wildman–Crippen MR) is 59.0 cm³/mol. The number of nitrogens with one attached hydrogen (secondary N) is 1. The van der Waals surface area contributed by atoms with Gasteiger partial charge >= 0.3 is 0 Å². The Kier molecular flexibility index (Phi) is 8.12. The summed E-state index contributed by atoms with van der Waals surface area (Å²) in [4.78, 5) is 11.4. The second-order valence-electron chi connectivity index (χ2n) is 2.62. The van der Waals surface area contributed by atoms with Crippen LogP contribution in [-0.4, -0.2) is 29.3 Å². The number of halogens is 1. The highest BCUT2D eigenvalue weighted by Gasteiger charge is 2.04. The van der Waals surface area contributed by atoms with Crippen molar-refractivity contribution in [3.63, 3.8) is 0 Å². The van der Waals surface area contributed by atoms with Crippen molar-refractivity contribution in [2.75, 3.05) is 18.6 Å². The first-order chi connectivity index (χ1) is 5.70. The van der Waals surface area contributed by atoms with Crippen molar-refractivity contribution in [1.29, 1.82) is 0 Å². The van der Waals surface area contributed by atoms with E-state index in [-0.39, 0.29) is 5.91 Å². The standard InChI is InChI=1S/C8H16BrNOS/c1-3-4-7(9)5-10-8(11)6-12-2/h7H,3-6H2,1-2H3,(H,10,11). The lowest BCUT2D eigenvalue weighted by Gasteiger charge is -2.08. The predicted octanol–water partition coefficient (Wildman–Crippen LogP) is 2.03. The Morgan fingerprint density at radius 1 is 1.67 bits per heavy atom. The highest BCUT2D eigenvalue weighted by Crippen LogP contribution is 2.05. The molecule has 0 aromatic carbocycles. The number of carbonyl (C=O) groups is 1. The molecule has 1 amide bonds. The topological polar surface area (TPSA) is 29.1 Å². The lowest BCUT2D eigenvalue weighted by molar-refractivity contribution is -0.118. The summed E-state index contributed by atoms with van der Waals surface area (Å²) < 4.78 is 0. The van der Waals surface area contributed by atoms with Crippen LogP contribution in [0.4, 0.5) is 0 Å². The Hall–Kier alpha value is 0.300. The van der Waals surface area contributed by atoms with Crippen LogP contribution in [0.1, 0.15) is 19.8 Å². The van der Waals surface area contributed by atoms with E-state index in [2.05, 4.69) is 28.2 Å². The fraction of sp³-hybridized carbons (Fsp3) is 0.875. The van der Waals surface area contributed by atoms with Crippen LogP contribution in [0.2, 0.25) is 0 Å². The van der Waals surface area contributed by atoms with Crippen molar-refractivity contribution in [1.82, 2.24) is 5.32 Å². The zero-order chi connectivity index (χ0) is 9.40. The molecule has 72 valence electrons. The van der Waals surface area contributed by atoms with E-state index in [1.165, 1.54) is 0 Å². The molecule has 0 aromatic rings. The van der Waals surface area contributed by atoms with Gasteiger partial charge in [0.1, 0.15) is 0 Å². The van der Waals surface area contributed by atoms with Gasteiger partial charge in [0, 0.05) is 11.4 Å². The third-order valence-electron chi connectivity index (χ3n) is 1.40. The van der Waals surface area contributed by atoms with Crippen molar-refractivity contribution >= 4 is 33.6 Å². The average molecular weight is 254 g/mol. The molecular formula is C8H16BrNOS. The van der Waals surface area contributed by atoms with Crippen LogP contribution in [0, 0.1) is 0 Å². The molecule has 0 aromatic heterocycles. The second kappa shape index (κ2) is 7.92. The first-order valence-corrected chi connectivity index (χ1v) is 6.41. The third-order valence-corrected chi connectivity index (χ3v) is 2.73. The molecule has 2 nitrogen and oxygen atoms in total. The van der Waals surface area contributed by atoms with Gasteiger partial charge in [0.05, 0.1) is 5.75 Å². The van der Waals surface area contributed by atoms with Crippen molar-refractivity contribution in [3.05, 3.63) is 0 Å². The molecular weight excluding hydrogens is 238 g/mol. The van der Waals surface area contributed by atoms with E-state index in [0.717, 1.165) is 19.4 Å². The zero-order valence-corrected chi connectivity index (χ0v) is 10.0.